The number of oxazole rings is 1. The highest BCUT2D eigenvalue weighted by Crippen LogP contribution is 2.36. The van der Waals surface area contributed by atoms with Crippen LogP contribution in [0.4, 0.5) is 11.7 Å². The number of nitrogens with one attached hydrogen (secondary N) is 3. The van der Waals surface area contributed by atoms with Crippen LogP contribution in [0.25, 0.3) is 6.08 Å². The Morgan fingerprint density at radius 3 is 2.79 bits per heavy atom. The van der Waals surface area contributed by atoms with Gasteiger partial charge in [0.15, 0.2) is 0 Å². The van der Waals surface area contributed by atoms with Gasteiger partial charge in [-0.3, -0.25) is 10.1 Å². The van der Waals surface area contributed by atoms with E-state index in [1.54, 1.807) is 31.2 Å². The number of rotatable bonds is 4. The number of hydrogen-bond acceptors (Lipinski definition) is 7. The highest BCUT2D eigenvalue weighted by molar-refractivity contribution is 6.31. The highest BCUT2D eigenvalue weighted by atomic mass is 35.5. The first-order chi connectivity index (χ1) is 16.5. The molecule has 2 heterocycles. The zero-order chi connectivity index (χ0) is 23.7. The topological polar surface area (TPSA) is 112 Å². The fourth-order valence-electron chi connectivity index (χ4n) is 3.96. The smallest absolute Gasteiger partial charge is 0.302 e. The monoisotopic (exact) mass is 475 g/mol. The van der Waals surface area contributed by atoms with Gasteiger partial charge < -0.3 is 20.2 Å². The summed E-state index contributed by atoms with van der Waals surface area (Å²) in [6, 6.07) is 13.4. The molecule has 5 rings (SSSR count). The number of allylic oxidation sites excluding steroid dienone is 2. The second-order valence-corrected chi connectivity index (χ2v) is 8.34. The molecule has 0 spiro atoms. The lowest BCUT2D eigenvalue weighted by Crippen LogP contribution is -2.37. The maximum atomic E-state index is 13.3. The highest BCUT2D eigenvalue weighted by Gasteiger charge is 2.31. The summed E-state index contributed by atoms with van der Waals surface area (Å²) in [6.07, 6.45) is 5.69. The lowest BCUT2D eigenvalue weighted by Gasteiger charge is -2.27. The molecular weight excluding hydrogens is 454 g/mol. The van der Waals surface area contributed by atoms with Crippen LogP contribution in [0, 0.1) is 0 Å². The number of para-hydroxylation sites is 2. The Balaban J connectivity index is 1.48. The number of carbonyl (C=O) groups excluding carboxylic acids is 1. The SMILES string of the molecule is CC1=C(C(=O)Nc2ccccc2O)C(c2ccccc2Cl)N=C(Nc2nc3c(o2)CCC=C3)N1. The van der Waals surface area contributed by atoms with E-state index in [9.17, 15) is 9.90 Å². The van der Waals surface area contributed by atoms with Crippen LogP contribution in [0.5, 0.6) is 5.75 Å². The van der Waals surface area contributed by atoms with E-state index >= 15 is 0 Å². The van der Waals surface area contributed by atoms with E-state index in [0.29, 0.717) is 39.5 Å². The van der Waals surface area contributed by atoms with Gasteiger partial charge in [-0.25, -0.2) is 4.99 Å². The van der Waals surface area contributed by atoms with Gasteiger partial charge in [-0.15, -0.1) is 0 Å². The summed E-state index contributed by atoms with van der Waals surface area (Å²) >= 11 is 6.49. The molecule has 0 bridgehead atoms. The summed E-state index contributed by atoms with van der Waals surface area (Å²) in [5.74, 6) is 0.763. The predicted molar refractivity (Wildman–Crippen MR) is 132 cm³/mol. The molecule has 2 aliphatic rings. The number of phenolic OH excluding ortho intramolecular Hbond substituents is 1. The van der Waals surface area contributed by atoms with Crippen molar-refractivity contribution in [1.29, 1.82) is 0 Å². The lowest BCUT2D eigenvalue weighted by molar-refractivity contribution is -0.113. The molecule has 0 radical (unpaired) electrons. The number of aromatic nitrogens is 1. The minimum Gasteiger partial charge on any atom is -0.506 e. The van der Waals surface area contributed by atoms with Gasteiger partial charge in [0.05, 0.1) is 11.3 Å². The zero-order valence-electron chi connectivity index (χ0n) is 18.3. The summed E-state index contributed by atoms with van der Waals surface area (Å²) in [7, 11) is 0. The average molecular weight is 476 g/mol. The predicted octanol–water partition coefficient (Wildman–Crippen LogP) is 5.02. The van der Waals surface area contributed by atoms with Crippen molar-refractivity contribution in [1.82, 2.24) is 10.3 Å². The minimum absolute atomic E-state index is 0.0278. The van der Waals surface area contributed by atoms with E-state index in [4.69, 9.17) is 21.0 Å². The fourth-order valence-corrected chi connectivity index (χ4v) is 4.20. The van der Waals surface area contributed by atoms with Gasteiger partial charge >= 0.3 is 6.01 Å². The Morgan fingerprint density at radius 1 is 1.21 bits per heavy atom. The first-order valence-electron chi connectivity index (χ1n) is 10.8. The van der Waals surface area contributed by atoms with Crippen molar-refractivity contribution in [3.63, 3.8) is 0 Å². The third-order valence-electron chi connectivity index (χ3n) is 5.60. The Hall–Kier alpha value is -4.04. The maximum Gasteiger partial charge on any atom is 0.302 e. The Bertz CT molecular complexity index is 1360. The van der Waals surface area contributed by atoms with Gasteiger partial charge in [0.1, 0.15) is 23.2 Å². The molecule has 4 N–H and O–H groups in total. The van der Waals surface area contributed by atoms with Crippen LogP contribution in [0.1, 0.15) is 36.4 Å². The molecule has 8 nitrogen and oxygen atoms in total. The molecule has 0 saturated carbocycles. The largest absolute Gasteiger partial charge is 0.506 e. The third kappa shape index (κ3) is 4.27. The number of aromatic hydroxyl groups is 1. The number of nitrogens with zero attached hydrogens (tertiary/aromatic N) is 2. The number of aryl methyl sites for hydroxylation is 1. The molecule has 3 aromatic rings. The van der Waals surface area contributed by atoms with Crippen LogP contribution in [-0.4, -0.2) is 22.0 Å². The van der Waals surface area contributed by atoms with Crippen molar-refractivity contribution in [2.45, 2.75) is 25.8 Å². The molecule has 1 unspecified atom stereocenters. The van der Waals surface area contributed by atoms with Crippen molar-refractivity contribution in [2.75, 3.05) is 10.6 Å². The second-order valence-electron chi connectivity index (χ2n) is 7.93. The van der Waals surface area contributed by atoms with Crippen LogP contribution in [0.3, 0.4) is 0 Å². The number of anilines is 2. The van der Waals surface area contributed by atoms with Gasteiger partial charge in [0, 0.05) is 22.7 Å². The molecule has 1 atom stereocenters. The number of hydrogen-bond donors (Lipinski definition) is 4. The van der Waals surface area contributed by atoms with Crippen molar-refractivity contribution < 1.29 is 14.3 Å². The summed E-state index contributed by atoms with van der Waals surface area (Å²) in [6.45, 7) is 1.78. The van der Waals surface area contributed by atoms with Crippen molar-refractivity contribution in [2.24, 2.45) is 4.99 Å². The normalized spacial score (nSPS) is 17.0. The van der Waals surface area contributed by atoms with Gasteiger partial charge in [-0.2, -0.15) is 4.98 Å². The molecule has 34 heavy (non-hydrogen) atoms. The van der Waals surface area contributed by atoms with Crippen molar-refractivity contribution in [3.05, 3.63) is 87.9 Å². The van der Waals surface area contributed by atoms with Gasteiger partial charge in [-0.05, 0) is 37.6 Å². The standard InChI is InChI=1S/C25H22ClN5O3/c1-14-21(23(33)28-17-10-4-6-12-19(17)32)22(15-8-2-3-9-16(15)26)30-24(27-14)31-25-29-18-11-5-7-13-20(18)34-25/h2-6,8-12,22,32H,7,13H2,1H3,(H,28,33)(H2,27,29,30,31). The first kappa shape index (κ1) is 21.8. The van der Waals surface area contributed by atoms with Crippen LogP contribution >= 0.6 is 11.6 Å². The third-order valence-corrected chi connectivity index (χ3v) is 5.95. The maximum absolute atomic E-state index is 13.3. The number of halogens is 1. The van der Waals surface area contributed by atoms with Crippen molar-refractivity contribution in [3.8, 4) is 5.75 Å². The Kier molecular flexibility index (Phi) is 5.81. The molecular formula is C25H22ClN5O3. The van der Waals surface area contributed by atoms with E-state index in [-0.39, 0.29) is 5.75 Å². The average Bonchev–Trinajstić information content (AvgIpc) is 3.22. The van der Waals surface area contributed by atoms with Gasteiger partial charge in [-0.1, -0.05) is 48.0 Å². The molecule has 1 aromatic heterocycles. The molecule has 1 aliphatic carbocycles. The van der Waals surface area contributed by atoms with E-state index in [1.807, 2.05) is 24.3 Å². The Labute approximate surface area is 201 Å². The molecule has 0 fully saturated rings. The number of benzene rings is 2. The van der Waals surface area contributed by atoms with E-state index in [0.717, 1.165) is 24.3 Å². The quantitative estimate of drug-likeness (QED) is 0.394. The molecule has 2 aromatic carbocycles. The number of phenols is 1. The van der Waals surface area contributed by atoms with Crippen LogP contribution in [0.15, 0.2) is 75.3 Å². The summed E-state index contributed by atoms with van der Waals surface area (Å²) in [5.41, 5.74) is 2.71. The summed E-state index contributed by atoms with van der Waals surface area (Å²) in [5, 5.41) is 19.6. The molecule has 1 aliphatic heterocycles. The molecule has 0 saturated heterocycles. The Morgan fingerprint density at radius 2 is 2.00 bits per heavy atom. The molecule has 172 valence electrons. The van der Waals surface area contributed by atoms with Gasteiger partial charge in [0.2, 0.25) is 5.96 Å². The second kappa shape index (κ2) is 9.07. The van der Waals surface area contributed by atoms with Crippen molar-refractivity contribution >= 4 is 41.2 Å². The van der Waals surface area contributed by atoms with E-state index in [2.05, 4.69) is 27.0 Å². The number of fused-ring (bicyclic) bond motifs is 1. The molecule has 9 heteroatoms. The number of carbonyl (C=O) groups is 1. The number of amides is 1. The molecule has 1 amide bonds. The van der Waals surface area contributed by atoms with Crippen LogP contribution in [-0.2, 0) is 11.2 Å². The zero-order valence-corrected chi connectivity index (χ0v) is 19.1. The minimum atomic E-state index is -0.701. The lowest BCUT2D eigenvalue weighted by atomic mass is 9.95. The van der Waals surface area contributed by atoms with E-state index in [1.165, 1.54) is 6.07 Å². The first-order valence-corrected chi connectivity index (χ1v) is 11.2. The van der Waals surface area contributed by atoms with Crippen LogP contribution in [0.2, 0.25) is 5.02 Å². The summed E-state index contributed by atoms with van der Waals surface area (Å²) in [4.78, 5) is 22.5. The van der Waals surface area contributed by atoms with Gasteiger partial charge in [0.25, 0.3) is 5.91 Å². The number of guanidine groups is 1. The summed E-state index contributed by atoms with van der Waals surface area (Å²) < 4.78 is 5.83. The van der Waals surface area contributed by atoms with E-state index < -0.39 is 11.9 Å². The van der Waals surface area contributed by atoms with Crippen LogP contribution < -0.4 is 16.0 Å². The fraction of sp³-hybridized carbons (Fsp3) is 0.160. The number of aliphatic imine (C=N–C) groups is 1.